The maximum Gasteiger partial charge on any atom is 0.123 e. The topological polar surface area (TPSA) is 29.3 Å². The Balaban J connectivity index is 2.10. The van der Waals surface area contributed by atoms with E-state index in [1.165, 1.54) is 30.5 Å². The van der Waals surface area contributed by atoms with Crippen molar-refractivity contribution in [2.75, 3.05) is 19.6 Å². The van der Waals surface area contributed by atoms with Crippen LogP contribution in [0.4, 0.5) is 4.39 Å². The number of halogens is 1. The van der Waals surface area contributed by atoms with E-state index in [4.69, 9.17) is 5.73 Å². The Kier molecular flexibility index (Phi) is 4.13. The van der Waals surface area contributed by atoms with Gasteiger partial charge in [0, 0.05) is 12.6 Å². The van der Waals surface area contributed by atoms with Gasteiger partial charge in [-0.15, -0.1) is 0 Å². The van der Waals surface area contributed by atoms with Crippen LogP contribution in [0.15, 0.2) is 24.3 Å². The molecule has 0 spiro atoms. The molecule has 94 valence electrons. The lowest BCUT2D eigenvalue weighted by Gasteiger charge is -2.31. The minimum atomic E-state index is -0.175. The second kappa shape index (κ2) is 5.61. The lowest BCUT2D eigenvalue weighted by molar-refractivity contribution is 0.221. The van der Waals surface area contributed by atoms with Crippen molar-refractivity contribution in [3.63, 3.8) is 0 Å². The molecule has 1 saturated heterocycles. The standard InChI is InChI=1S/C14H21FN2/c1-11(12-4-6-13(15)7-5-12)14(10-16)17-8-2-3-9-17/h4-7,11,14H,2-3,8-10,16H2,1H3. The number of rotatable bonds is 4. The van der Waals surface area contributed by atoms with Crippen molar-refractivity contribution in [2.24, 2.45) is 5.73 Å². The third-order valence-electron chi connectivity index (χ3n) is 3.82. The summed E-state index contributed by atoms with van der Waals surface area (Å²) in [6.45, 7) is 5.14. The second-order valence-electron chi connectivity index (χ2n) is 4.89. The van der Waals surface area contributed by atoms with Crippen molar-refractivity contribution in [1.29, 1.82) is 0 Å². The number of likely N-dealkylation sites (tertiary alicyclic amines) is 1. The van der Waals surface area contributed by atoms with Crippen molar-refractivity contribution in [3.8, 4) is 0 Å². The molecule has 1 aromatic rings. The molecule has 0 aromatic heterocycles. The first-order valence-corrected chi connectivity index (χ1v) is 6.42. The number of hydrogen-bond acceptors (Lipinski definition) is 2. The van der Waals surface area contributed by atoms with Gasteiger partial charge in [0.25, 0.3) is 0 Å². The molecule has 2 N–H and O–H groups in total. The van der Waals surface area contributed by atoms with Crippen molar-refractivity contribution in [3.05, 3.63) is 35.6 Å². The predicted octanol–water partition coefficient (Wildman–Crippen LogP) is 2.35. The Morgan fingerprint density at radius 1 is 1.24 bits per heavy atom. The van der Waals surface area contributed by atoms with Crippen molar-refractivity contribution in [1.82, 2.24) is 4.90 Å². The van der Waals surface area contributed by atoms with Crippen LogP contribution in [0.2, 0.25) is 0 Å². The minimum absolute atomic E-state index is 0.175. The Bertz CT molecular complexity index is 344. The summed E-state index contributed by atoms with van der Waals surface area (Å²) in [6, 6.07) is 7.19. The molecule has 1 aliphatic heterocycles. The fourth-order valence-corrected chi connectivity index (χ4v) is 2.73. The minimum Gasteiger partial charge on any atom is -0.329 e. The third kappa shape index (κ3) is 2.85. The third-order valence-corrected chi connectivity index (χ3v) is 3.82. The number of nitrogens with two attached hydrogens (primary N) is 1. The van der Waals surface area contributed by atoms with E-state index in [0.717, 1.165) is 13.1 Å². The summed E-state index contributed by atoms with van der Waals surface area (Å²) >= 11 is 0. The van der Waals surface area contributed by atoms with E-state index < -0.39 is 0 Å². The van der Waals surface area contributed by atoms with Crippen LogP contribution in [0.3, 0.4) is 0 Å². The van der Waals surface area contributed by atoms with E-state index in [1.54, 1.807) is 0 Å². The first-order chi connectivity index (χ1) is 8.22. The quantitative estimate of drug-likeness (QED) is 0.869. The van der Waals surface area contributed by atoms with Gasteiger partial charge in [0.1, 0.15) is 5.82 Å². The van der Waals surface area contributed by atoms with Gasteiger partial charge in [0.05, 0.1) is 0 Å². The summed E-state index contributed by atoms with van der Waals surface area (Å²) in [6.07, 6.45) is 2.54. The first-order valence-electron chi connectivity index (χ1n) is 6.42. The maximum atomic E-state index is 12.9. The lowest BCUT2D eigenvalue weighted by atomic mass is 9.92. The van der Waals surface area contributed by atoms with Gasteiger partial charge < -0.3 is 5.73 Å². The molecule has 1 aliphatic rings. The van der Waals surface area contributed by atoms with Gasteiger partial charge in [0.2, 0.25) is 0 Å². The number of nitrogens with zero attached hydrogens (tertiary/aromatic N) is 1. The SMILES string of the molecule is CC(c1ccc(F)cc1)C(CN)N1CCCC1. The summed E-state index contributed by atoms with van der Waals surface area (Å²) in [5.74, 6) is 0.185. The molecule has 2 nitrogen and oxygen atoms in total. The predicted molar refractivity (Wildman–Crippen MR) is 68.5 cm³/mol. The Labute approximate surface area is 103 Å². The molecule has 1 heterocycles. The van der Waals surface area contributed by atoms with E-state index >= 15 is 0 Å². The van der Waals surface area contributed by atoms with Gasteiger partial charge in [-0.2, -0.15) is 0 Å². The normalized spacial score (nSPS) is 20.4. The van der Waals surface area contributed by atoms with E-state index in [1.807, 2.05) is 12.1 Å². The van der Waals surface area contributed by atoms with E-state index in [0.29, 0.717) is 18.5 Å². The van der Waals surface area contributed by atoms with Gasteiger partial charge >= 0.3 is 0 Å². The van der Waals surface area contributed by atoms with Crippen molar-refractivity contribution >= 4 is 0 Å². The van der Waals surface area contributed by atoms with E-state index in [2.05, 4.69) is 11.8 Å². The zero-order valence-electron chi connectivity index (χ0n) is 10.4. The highest BCUT2D eigenvalue weighted by molar-refractivity contribution is 5.21. The maximum absolute atomic E-state index is 12.9. The smallest absolute Gasteiger partial charge is 0.123 e. The molecule has 0 aliphatic carbocycles. The fourth-order valence-electron chi connectivity index (χ4n) is 2.73. The summed E-state index contributed by atoms with van der Waals surface area (Å²) in [5.41, 5.74) is 7.08. The molecule has 2 unspecified atom stereocenters. The summed E-state index contributed by atoms with van der Waals surface area (Å²) in [7, 11) is 0. The van der Waals surface area contributed by atoms with Crippen LogP contribution >= 0.6 is 0 Å². The molecule has 3 heteroatoms. The highest BCUT2D eigenvalue weighted by atomic mass is 19.1. The van der Waals surface area contributed by atoms with Crippen molar-refractivity contribution in [2.45, 2.75) is 31.7 Å². The van der Waals surface area contributed by atoms with Gasteiger partial charge in [-0.1, -0.05) is 19.1 Å². The van der Waals surface area contributed by atoms with Gasteiger partial charge in [-0.05, 0) is 49.5 Å². The van der Waals surface area contributed by atoms with Crippen LogP contribution in [0.5, 0.6) is 0 Å². The van der Waals surface area contributed by atoms with Crippen LogP contribution in [0, 0.1) is 5.82 Å². The molecular weight excluding hydrogens is 215 g/mol. The molecule has 0 bridgehead atoms. The molecule has 2 rings (SSSR count). The number of hydrogen-bond donors (Lipinski definition) is 1. The highest BCUT2D eigenvalue weighted by Gasteiger charge is 2.26. The molecular formula is C14H21FN2. The largest absolute Gasteiger partial charge is 0.329 e. The van der Waals surface area contributed by atoms with Crippen LogP contribution in [0.25, 0.3) is 0 Å². The zero-order valence-corrected chi connectivity index (χ0v) is 10.4. The summed E-state index contributed by atoms with van der Waals surface area (Å²) in [5, 5.41) is 0. The van der Waals surface area contributed by atoms with Gasteiger partial charge in [0.15, 0.2) is 0 Å². The Morgan fingerprint density at radius 3 is 2.35 bits per heavy atom. The summed E-state index contributed by atoms with van der Waals surface area (Å²) in [4.78, 5) is 2.47. The van der Waals surface area contributed by atoms with E-state index in [-0.39, 0.29) is 5.82 Å². The monoisotopic (exact) mass is 236 g/mol. The molecule has 17 heavy (non-hydrogen) atoms. The molecule has 0 amide bonds. The molecule has 0 saturated carbocycles. The average molecular weight is 236 g/mol. The molecule has 1 aromatic carbocycles. The molecule has 1 fully saturated rings. The Hall–Kier alpha value is -0.930. The number of benzene rings is 1. The lowest BCUT2D eigenvalue weighted by Crippen LogP contribution is -2.42. The van der Waals surface area contributed by atoms with Crippen molar-refractivity contribution < 1.29 is 4.39 Å². The molecule has 2 atom stereocenters. The average Bonchev–Trinajstić information content (AvgIpc) is 2.84. The Morgan fingerprint density at radius 2 is 1.82 bits per heavy atom. The second-order valence-corrected chi connectivity index (χ2v) is 4.89. The van der Waals surface area contributed by atoms with E-state index in [9.17, 15) is 4.39 Å². The summed E-state index contributed by atoms with van der Waals surface area (Å²) < 4.78 is 12.9. The van der Waals surface area contributed by atoms with Crippen LogP contribution in [-0.4, -0.2) is 30.6 Å². The molecule has 0 radical (unpaired) electrons. The van der Waals surface area contributed by atoms with Crippen LogP contribution in [0.1, 0.15) is 31.2 Å². The zero-order chi connectivity index (χ0) is 12.3. The first kappa shape index (κ1) is 12.5. The van der Waals surface area contributed by atoms with Gasteiger partial charge in [-0.25, -0.2) is 4.39 Å². The van der Waals surface area contributed by atoms with Crippen LogP contribution < -0.4 is 5.73 Å². The van der Waals surface area contributed by atoms with Gasteiger partial charge in [-0.3, -0.25) is 4.90 Å². The fraction of sp³-hybridized carbons (Fsp3) is 0.571. The van der Waals surface area contributed by atoms with Crippen LogP contribution in [-0.2, 0) is 0 Å². The highest BCUT2D eigenvalue weighted by Crippen LogP contribution is 2.25.